The van der Waals surface area contributed by atoms with Crippen molar-refractivity contribution in [2.75, 3.05) is 19.8 Å². The van der Waals surface area contributed by atoms with Gasteiger partial charge in [-0.1, -0.05) is 31.4 Å². The number of nitrogens with zero attached hydrogens (tertiary/aromatic N) is 1. The maximum atomic E-state index is 11.3. The number of rotatable bonds is 6. The van der Waals surface area contributed by atoms with Crippen molar-refractivity contribution >= 4 is 0 Å². The summed E-state index contributed by atoms with van der Waals surface area (Å²) in [5.41, 5.74) is 11.5. The minimum absolute atomic E-state index is 0.110. The lowest BCUT2D eigenvalue weighted by Gasteiger charge is -2.55. The zero-order chi connectivity index (χ0) is 23.9. The van der Waals surface area contributed by atoms with Gasteiger partial charge in [0.15, 0.2) is 0 Å². The molecule has 190 valence electrons. The molecule has 1 aromatic rings. The maximum absolute atomic E-state index is 11.3. The Morgan fingerprint density at radius 2 is 2.03 bits per heavy atom. The summed E-state index contributed by atoms with van der Waals surface area (Å²) in [6, 6.07) is 7.59. The van der Waals surface area contributed by atoms with Gasteiger partial charge >= 0.3 is 0 Å². The molecular weight excluding hydrogens is 434 g/mol. The van der Waals surface area contributed by atoms with Crippen molar-refractivity contribution in [3.05, 3.63) is 29.8 Å². The van der Waals surface area contributed by atoms with Crippen LogP contribution in [0.15, 0.2) is 24.3 Å². The van der Waals surface area contributed by atoms with E-state index in [0.29, 0.717) is 24.9 Å². The molecule has 1 saturated carbocycles. The highest BCUT2D eigenvalue weighted by Gasteiger charge is 2.63. The first-order valence-corrected chi connectivity index (χ1v) is 12.9. The summed E-state index contributed by atoms with van der Waals surface area (Å²) >= 11 is 0. The van der Waals surface area contributed by atoms with Gasteiger partial charge in [-0.05, 0) is 49.8 Å². The largest absolute Gasteiger partial charge is 0.491 e. The highest BCUT2D eigenvalue weighted by atomic mass is 16.6. The minimum Gasteiger partial charge on any atom is -0.491 e. The van der Waals surface area contributed by atoms with Crippen molar-refractivity contribution in [2.45, 2.75) is 87.9 Å². The van der Waals surface area contributed by atoms with Crippen molar-refractivity contribution in [3.63, 3.8) is 0 Å². The molecule has 0 radical (unpaired) electrons. The third kappa shape index (κ3) is 4.06. The molecule has 5 rings (SSSR count). The van der Waals surface area contributed by atoms with Crippen molar-refractivity contribution in [2.24, 2.45) is 23.3 Å². The van der Waals surface area contributed by atoms with Crippen LogP contribution >= 0.6 is 0 Å². The van der Waals surface area contributed by atoms with Gasteiger partial charge in [0.1, 0.15) is 36.4 Å². The molecule has 4 aliphatic rings. The van der Waals surface area contributed by atoms with Crippen molar-refractivity contribution in [3.8, 4) is 5.75 Å². The number of fused-ring (bicyclic) bond motifs is 1. The van der Waals surface area contributed by atoms with Crippen LogP contribution in [0.5, 0.6) is 5.75 Å². The van der Waals surface area contributed by atoms with Gasteiger partial charge in [0.2, 0.25) is 0 Å². The van der Waals surface area contributed by atoms with E-state index in [2.05, 4.69) is 15.5 Å². The average molecular weight is 476 g/mol. The fourth-order valence-corrected chi connectivity index (χ4v) is 6.84. The fraction of sp³-hybridized carbons (Fsp3) is 0.760. The summed E-state index contributed by atoms with van der Waals surface area (Å²) in [5.74, 6) is 1.31. The molecular formula is C25H41N5O4. The van der Waals surface area contributed by atoms with Gasteiger partial charge in [-0.3, -0.25) is 15.5 Å². The second-order valence-electron chi connectivity index (χ2n) is 10.7. The van der Waals surface area contributed by atoms with E-state index in [1.807, 2.05) is 24.3 Å². The lowest BCUT2D eigenvalue weighted by molar-refractivity contribution is -0.164. The van der Waals surface area contributed by atoms with Crippen LogP contribution < -0.4 is 26.8 Å². The van der Waals surface area contributed by atoms with Crippen LogP contribution in [-0.4, -0.2) is 70.8 Å². The number of nitrogens with two attached hydrogens (primary N) is 2. The third-order valence-corrected chi connectivity index (χ3v) is 8.76. The molecule has 3 saturated heterocycles. The van der Waals surface area contributed by atoms with E-state index >= 15 is 0 Å². The number of ether oxygens (including phenoxy) is 2. The summed E-state index contributed by atoms with van der Waals surface area (Å²) < 4.78 is 12.4. The number of nitrogens with one attached hydrogen (secondary N) is 2. The van der Waals surface area contributed by atoms with Crippen LogP contribution in [0.2, 0.25) is 0 Å². The molecule has 1 aliphatic carbocycles. The number of benzene rings is 1. The molecule has 0 amide bonds. The highest BCUT2D eigenvalue weighted by molar-refractivity contribution is 5.28. The molecule has 0 bridgehead atoms. The SMILES string of the molecule is C[C@@]1(O)[C@@H](COc2cccc(CN)c2)O[C@@H](N2CCC3C(N)NCNC32C2CCCCC2)[C@@H]1O. The van der Waals surface area contributed by atoms with Crippen molar-refractivity contribution < 1.29 is 19.7 Å². The zero-order valence-corrected chi connectivity index (χ0v) is 20.2. The molecule has 1 aromatic carbocycles. The van der Waals surface area contributed by atoms with Crippen LogP contribution in [0, 0.1) is 11.8 Å². The maximum Gasteiger partial charge on any atom is 0.141 e. The second-order valence-corrected chi connectivity index (χ2v) is 10.7. The predicted octanol–water partition coefficient (Wildman–Crippen LogP) is 0.395. The Morgan fingerprint density at radius 3 is 2.79 bits per heavy atom. The van der Waals surface area contributed by atoms with Crippen molar-refractivity contribution in [1.29, 1.82) is 0 Å². The monoisotopic (exact) mass is 475 g/mol. The third-order valence-electron chi connectivity index (χ3n) is 8.76. The molecule has 8 N–H and O–H groups in total. The van der Waals surface area contributed by atoms with E-state index in [0.717, 1.165) is 31.4 Å². The molecule has 9 heteroatoms. The second kappa shape index (κ2) is 9.63. The smallest absolute Gasteiger partial charge is 0.141 e. The van der Waals surface area contributed by atoms with Gasteiger partial charge in [0, 0.05) is 25.7 Å². The molecule has 0 spiro atoms. The first kappa shape index (κ1) is 24.4. The Balaban J connectivity index is 1.37. The van der Waals surface area contributed by atoms with Crippen LogP contribution in [-0.2, 0) is 11.3 Å². The zero-order valence-electron chi connectivity index (χ0n) is 20.2. The number of hydrogen-bond donors (Lipinski definition) is 6. The summed E-state index contributed by atoms with van der Waals surface area (Å²) in [5, 5.41) is 29.8. The number of aliphatic hydroxyl groups excluding tert-OH is 1. The van der Waals surface area contributed by atoms with E-state index in [4.69, 9.17) is 20.9 Å². The van der Waals surface area contributed by atoms with Crippen LogP contribution in [0.1, 0.15) is 51.0 Å². The standard InChI is InChI=1S/C25H41N5O4/c1-24(32)20(14-33-18-9-5-6-16(12-18)13-26)34-23(21(24)31)30-11-10-19-22(27)28-15-29-25(19,30)17-7-3-2-4-8-17/h5-6,9,12,17,19-23,28-29,31-32H,2-4,7-8,10-11,13-15,26-27H2,1H3/t19?,20-,21+,22?,23-,24-,25?/m1/s1. The number of likely N-dealkylation sites (tertiary alicyclic amines) is 1. The molecule has 3 heterocycles. The van der Waals surface area contributed by atoms with Gasteiger partial charge in [-0.15, -0.1) is 0 Å². The number of aliphatic hydroxyl groups is 2. The van der Waals surface area contributed by atoms with E-state index in [9.17, 15) is 10.2 Å². The molecule has 3 aliphatic heterocycles. The van der Waals surface area contributed by atoms with E-state index in [1.165, 1.54) is 19.3 Å². The Hall–Kier alpha value is -1.30. The first-order valence-electron chi connectivity index (χ1n) is 12.9. The average Bonchev–Trinajstić information content (AvgIpc) is 3.35. The summed E-state index contributed by atoms with van der Waals surface area (Å²) in [4.78, 5) is 2.28. The van der Waals surface area contributed by atoms with Gasteiger partial charge in [0.05, 0.1) is 11.8 Å². The normalized spacial score (nSPS) is 41.5. The molecule has 7 atom stereocenters. The topological polar surface area (TPSA) is 138 Å². The Morgan fingerprint density at radius 1 is 1.24 bits per heavy atom. The van der Waals surface area contributed by atoms with Crippen LogP contribution in [0.25, 0.3) is 0 Å². The van der Waals surface area contributed by atoms with Gasteiger partial charge < -0.3 is 31.2 Å². The fourth-order valence-electron chi connectivity index (χ4n) is 6.84. The van der Waals surface area contributed by atoms with Gasteiger partial charge in [-0.25, -0.2) is 0 Å². The summed E-state index contributed by atoms with van der Waals surface area (Å²) in [7, 11) is 0. The molecule has 34 heavy (non-hydrogen) atoms. The van der Waals surface area contributed by atoms with Gasteiger partial charge in [0.25, 0.3) is 0 Å². The molecule has 0 aromatic heterocycles. The quantitative estimate of drug-likeness (QED) is 0.345. The Bertz CT molecular complexity index is 850. The number of hydrogen-bond acceptors (Lipinski definition) is 9. The Labute approximate surface area is 202 Å². The molecule has 3 unspecified atom stereocenters. The van der Waals surface area contributed by atoms with E-state index in [-0.39, 0.29) is 24.4 Å². The van der Waals surface area contributed by atoms with E-state index in [1.54, 1.807) is 6.92 Å². The molecule has 4 fully saturated rings. The predicted molar refractivity (Wildman–Crippen MR) is 128 cm³/mol. The van der Waals surface area contributed by atoms with E-state index < -0.39 is 24.0 Å². The van der Waals surface area contributed by atoms with Crippen molar-refractivity contribution in [1.82, 2.24) is 15.5 Å². The van der Waals surface area contributed by atoms with Crippen LogP contribution in [0.3, 0.4) is 0 Å². The highest BCUT2D eigenvalue weighted by Crippen LogP contribution is 2.49. The lowest BCUT2D eigenvalue weighted by Crippen LogP contribution is -2.75. The summed E-state index contributed by atoms with van der Waals surface area (Å²) in [6.45, 7) is 3.58. The van der Waals surface area contributed by atoms with Crippen LogP contribution in [0.4, 0.5) is 0 Å². The molecule has 9 nitrogen and oxygen atoms in total. The minimum atomic E-state index is -1.45. The van der Waals surface area contributed by atoms with Gasteiger partial charge in [-0.2, -0.15) is 0 Å². The Kier molecular flexibility index (Phi) is 6.91. The lowest BCUT2D eigenvalue weighted by atomic mass is 9.72. The summed E-state index contributed by atoms with van der Waals surface area (Å²) in [6.07, 6.45) is 4.39. The first-order chi connectivity index (χ1) is 16.4.